The van der Waals surface area contributed by atoms with Gasteiger partial charge in [-0.25, -0.2) is 15.0 Å². The Bertz CT molecular complexity index is 3230. The van der Waals surface area contributed by atoms with Gasteiger partial charge < -0.3 is 4.57 Å². The van der Waals surface area contributed by atoms with Gasteiger partial charge in [0.25, 0.3) is 0 Å². The van der Waals surface area contributed by atoms with Gasteiger partial charge in [-0.1, -0.05) is 188 Å². The van der Waals surface area contributed by atoms with Crippen molar-refractivity contribution in [2.45, 2.75) is 19.4 Å². The molecule has 11 aromatic rings. The Morgan fingerprint density at radius 1 is 0.359 bits per heavy atom. The molecular formula is C59H43N5. The first kappa shape index (κ1) is 38.6. The average Bonchev–Trinajstić information content (AvgIpc) is 3.69. The van der Waals surface area contributed by atoms with Gasteiger partial charge in [-0.3, -0.25) is 4.98 Å². The predicted molar refractivity (Wildman–Crippen MR) is 263 cm³/mol. The second-order valence-corrected chi connectivity index (χ2v) is 16.1. The van der Waals surface area contributed by atoms with Crippen LogP contribution in [0.15, 0.2) is 225 Å². The number of hydrogen-bond donors (Lipinski definition) is 0. The smallest absolute Gasteiger partial charge is 0.163 e. The van der Waals surface area contributed by atoms with E-state index < -0.39 is 0 Å². The molecule has 64 heavy (non-hydrogen) atoms. The molecule has 0 atom stereocenters. The van der Waals surface area contributed by atoms with Gasteiger partial charge in [-0.15, -0.1) is 0 Å². The zero-order valence-corrected chi connectivity index (χ0v) is 35.2. The van der Waals surface area contributed by atoms with Gasteiger partial charge in [-0.05, 0) is 74.8 Å². The number of benzene rings is 8. The molecule has 0 aliphatic carbocycles. The molecule has 8 aromatic carbocycles. The van der Waals surface area contributed by atoms with Crippen molar-refractivity contribution in [3.8, 4) is 67.3 Å². The van der Waals surface area contributed by atoms with Crippen LogP contribution in [-0.4, -0.2) is 24.5 Å². The van der Waals surface area contributed by atoms with Crippen LogP contribution >= 0.6 is 0 Å². The van der Waals surface area contributed by atoms with Crippen LogP contribution in [0.2, 0.25) is 0 Å². The van der Waals surface area contributed by atoms with Crippen molar-refractivity contribution in [3.05, 3.63) is 242 Å². The minimum absolute atomic E-state index is 0.486. The minimum Gasteiger partial charge on any atom is -0.340 e. The highest BCUT2D eigenvalue weighted by Gasteiger charge is 2.18. The summed E-state index contributed by atoms with van der Waals surface area (Å²) in [5.74, 6) is 2.00. The second kappa shape index (κ2) is 17.2. The maximum absolute atomic E-state index is 5.33. The molecule has 0 unspecified atom stereocenters. The topological polar surface area (TPSA) is 56.5 Å². The normalized spacial score (nSPS) is 11.3. The van der Waals surface area contributed by atoms with Crippen LogP contribution < -0.4 is 0 Å². The van der Waals surface area contributed by atoms with Crippen molar-refractivity contribution in [2.24, 2.45) is 0 Å². The van der Waals surface area contributed by atoms with Gasteiger partial charge in [0.2, 0.25) is 0 Å². The van der Waals surface area contributed by atoms with Crippen molar-refractivity contribution < 1.29 is 0 Å². The highest BCUT2D eigenvalue weighted by molar-refractivity contribution is 6.10. The van der Waals surface area contributed by atoms with Crippen molar-refractivity contribution >= 4 is 21.8 Å². The Hall–Kier alpha value is -8.28. The third-order valence-electron chi connectivity index (χ3n) is 12.1. The van der Waals surface area contributed by atoms with Crippen molar-refractivity contribution in [3.63, 3.8) is 0 Å². The van der Waals surface area contributed by atoms with E-state index in [1.807, 2.05) is 42.6 Å². The summed E-state index contributed by atoms with van der Waals surface area (Å²) < 4.78 is 2.47. The van der Waals surface area contributed by atoms with Crippen molar-refractivity contribution in [1.29, 1.82) is 0 Å². The summed E-state index contributed by atoms with van der Waals surface area (Å²) in [7, 11) is 0. The summed E-state index contributed by atoms with van der Waals surface area (Å²) >= 11 is 0. The fourth-order valence-electron chi connectivity index (χ4n) is 8.95. The number of aryl methyl sites for hydroxylation is 2. The fourth-order valence-corrected chi connectivity index (χ4v) is 8.95. The second-order valence-electron chi connectivity index (χ2n) is 16.1. The summed E-state index contributed by atoms with van der Waals surface area (Å²) in [5.41, 5.74) is 15.7. The quantitative estimate of drug-likeness (QED) is 0.130. The van der Waals surface area contributed by atoms with Crippen LogP contribution in [0.1, 0.15) is 17.1 Å². The first-order chi connectivity index (χ1) is 31.7. The van der Waals surface area contributed by atoms with E-state index in [2.05, 4.69) is 187 Å². The molecule has 0 aliphatic heterocycles. The largest absolute Gasteiger partial charge is 0.340 e. The number of nitrogens with zero attached hydrogens (tertiary/aromatic N) is 5. The summed E-state index contributed by atoms with van der Waals surface area (Å²) in [6.45, 7) is 0.733. The number of fused-ring (bicyclic) bond motifs is 3. The SMILES string of the molecule is c1ccc(-c2ccc3c(c2)c2cc(-c4ccccc4)ccc2n3CCc2ncc(-c3ccccc3-c3ccccc3)cc2Cc2nc(-c3ccccc3)nc(-c3ccccc3)n2)cc1. The van der Waals surface area contributed by atoms with E-state index in [-0.39, 0.29) is 0 Å². The standard InChI is InChI=1S/C59H43N5/c1-6-18-41(19-7-1)46-30-32-55-52(37-46)53-38-47(42-20-8-2-9-21-42)31-33-56(53)64(55)35-34-54-48(36-49(40-60-54)51-29-17-16-28-50(51)43-22-10-3-11-23-43)39-57-61-58(44-24-12-4-13-25-44)63-59(62-57)45-26-14-5-15-27-45/h1-33,36-38,40H,34-35,39H2. The van der Waals surface area contributed by atoms with E-state index in [9.17, 15) is 0 Å². The van der Waals surface area contributed by atoms with Crippen LogP contribution in [-0.2, 0) is 19.4 Å². The Labute approximate surface area is 373 Å². The third-order valence-corrected chi connectivity index (χ3v) is 12.1. The Morgan fingerprint density at radius 3 is 1.30 bits per heavy atom. The van der Waals surface area contributed by atoms with E-state index in [1.165, 1.54) is 49.6 Å². The Kier molecular flexibility index (Phi) is 10.4. The molecule has 0 spiro atoms. The number of aromatic nitrogens is 5. The number of pyridine rings is 1. The van der Waals surface area contributed by atoms with Gasteiger partial charge in [-0.2, -0.15) is 0 Å². The molecule has 0 fully saturated rings. The van der Waals surface area contributed by atoms with E-state index in [0.29, 0.717) is 30.3 Å². The molecule has 5 heteroatoms. The monoisotopic (exact) mass is 821 g/mol. The molecule has 0 aliphatic rings. The van der Waals surface area contributed by atoms with Gasteiger partial charge in [0.05, 0.1) is 0 Å². The molecule has 0 radical (unpaired) electrons. The van der Waals surface area contributed by atoms with E-state index >= 15 is 0 Å². The molecule has 11 rings (SSSR count). The lowest BCUT2D eigenvalue weighted by Crippen LogP contribution is -2.09. The first-order valence-electron chi connectivity index (χ1n) is 21.9. The minimum atomic E-state index is 0.486. The van der Waals surface area contributed by atoms with Gasteiger partial charge in [0, 0.05) is 69.8 Å². The van der Waals surface area contributed by atoms with Crippen LogP contribution in [0.3, 0.4) is 0 Å². The lowest BCUT2D eigenvalue weighted by Gasteiger charge is -2.15. The van der Waals surface area contributed by atoms with E-state index in [0.717, 1.165) is 45.6 Å². The molecule has 0 amide bonds. The van der Waals surface area contributed by atoms with E-state index in [1.54, 1.807) is 0 Å². The highest BCUT2D eigenvalue weighted by Crippen LogP contribution is 2.37. The van der Waals surface area contributed by atoms with Crippen LogP contribution in [0.5, 0.6) is 0 Å². The maximum Gasteiger partial charge on any atom is 0.163 e. The zero-order chi connectivity index (χ0) is 42.7. The van der Waals surface area contributed by atoms with Gasteiger partial charge in [0.1, 0.15) is 5.82 Å². The number of rotatable bonds is 11. The average molecular weight is 822 g/mol. The van der Waals surface area contributed by atoms with E-state index in [4.69, 9.17) is 19.9 Å². The lowest BCUT2D eigenvalue weighted by molar-refractivity contribution is 0.722. The summed E-state index contributed by atoms with van der Waals surface area (Å²) in [6.07, 6.45) is 3.24. The molecule has 0 bridgehead atoms. The van der Waals surface area contributed by atoms with Crippen molar-refractivity contribution in [2.75, 3.05) is 0 Å². The van der Waals surface area contributed by atoms with Crippen LogP contribution in [0, 0.1) is 0 Å². The molecular weight excluding hydrogens is 779 g/mol. The molecule has 3 aromatic heterocycles. The van der Waals surface area contributed by atoms with Gasteiger partial charge >= 0.3 is 0 Å². The van der Waals surface area contributed by atoms with Crippen LogP contribution in [0.25, 0.3) is 89.1 Å². The molecule has 5 nitrogen and oxygen atoms in total. The summed E-state index contributed by atoms with van der Waals surface area (Å²) in [5, 5.41) is 2.48. The zero-order valence-electron chi connectivity index (χ0n) is 35.2. The maximum atomic E-state index is 5.33. The molecule has 0 saturated heterocycles. The predicted octanol–water partition coefficient (Wildman–Crippen LogP) is 14.2. The van der Waals surface area contributed by atoms with Crippen LogP contribution in [0.4, 0.5) is 0 Å². The highest BCUT2D eigenvalue weighted by atomic mass is 15.0. The number of hydrogen-bond acceptors (Lipinski definition) is 4. The van der Waals surface area contributed by atoms with Crippen molar-refractivity contribution in [1.82, 2.24) is 24.5 Å². The lowest BCUT2D eigenvalue weighted by atomic mass is 9.93. The first-order valence-corrected chi connectivity index (χ1v) is 21.9. The Morgan fingerprint density at radius 2 is 0.797 bits per heavy atom. The summed E-state index contributed by atoms with van der Waals surface area (Å²) in [6, 6.07) is 76.9. The molecule has 304 valence electrons. The third kappa shape index (κ3) is 7.76. The molecule has 0 N–H and O–H groups in total. The summed E-state index contributed by atoms with van der Waals surface area (Å²) in [4.78, 5) is 20.6. The molecule has 0 saturated carbocycles. The Balaban J connectivity index is 1.04. The van der Waals surface area contributed by atoms with Gasteiger partial charge in [0.15, 0.2) is 11.6 Å². The molecule has 3 heterocycles. The fraction of sp³-hybridized carbons (Fsp3) is 0.0508.